The first-order valence-corrected chi connectivity index (χ1v) is 6.87. The zero-order valence-corrected chi connectivity index (χ0v) is 12.8. The van der Waals surface area contributed by atoms with Gasteiger partial charge in [0, 0.05) is 18.8 Å². The molecule has 1 saturated heterocycles. The van der Waals surface area contributed by atoms with E-state index in [-0.39, 0.29) is 24.4 Å². The molecule has 1 aliphatic rings. The Hall–Kier alpha value is -1.10. The normalized spacial score (nSPS) is 18.4. The highest BCUT2D eigenvalue weighted by Crippen LogP contribution is 2.18. The van der Waals surface area contributed by atoms with E-state index in [1.165, 1.54) is 5.56 Å². The highest BCUT2D eigenvalue weighted by Gasteiger charge is 2.17. The lowest BCUT2D eigenvalue weighted by atomic mass is 10.0. The van der Waals surface area contributed by atoms with Gasteiger partial charge in [-0.15, -0.1) is 12.4 Å². The van der Waals surface area contributed by atoms with E-state index >= 15 is 0 Å². The number of anilines is 1. The second-order valence-corrected chi connectivity index (χ2v) is 5.23. The highest BCUT2D eigenvalue weighted by molar-refractivity contribution is 5.91. The van der Waals surface area contributed by atoms with Crippen molar-refractivity contribution in [3.05, 3.63) is 29.8 Å². The van der Waals surface area contributed by atoms with Crippen LogP contribution in [0.1, 0.15) is 31.7 Å². The Labute approximate surface area is 126 Å². The van der Waals surface area contributed by atoms with Gasteiger partial charge in [0.2, 0.25) is 5.91 Å². The minimum atomic E-state index is -0.0120. The van der Waals surface area contributed by atoms with Gasteiger partial charge in [0.15, 0.2) is 0 Å². The Morgan fingerprint density at radius 3 is 2.95 bits per heavy atom. The maximum absolute atomic E-state index is 11.9. The Balaban J connectivity index is 0.00000200. The second-order valence-electron chi connectivity index (χ2n) is 5.23. The average molecular weight is 299 g/mol. The van der Waals surface area contributed by atoms with Crippen LogP contribution in [0.25, 0.3) is 0 Å². The first-order valence-electron chi connectivity index (χ1n) is 6.87. The van der Waals surface area contributed by atoms with Gasteiger partial charge in [0.05, 0.1) is 19.1 Å². The number of morpholine rings is 1. The van der Waals surface area contributed by atoms with E-state index in [1.807, 2.05) is 18.2 Å². The van der Waals surface area contributed by atoms with Crippen LogP contribution in [0.4, 0.5) is 5.69 Å². The van der Waals surface area contributed by atoms with Crippen molar-refractivity contribution < 1.29 is 9.53 Å². The summed E-state index contributed by atoms with van der Waals surface area (Å²) in [5, 5.41) is 6.16. The number of rotatable bonds is 4. The molecule has 1 unspecified atom stereocenters. The van der Waals surface area contributed by atoms with E-state index in [2.05, 4.69) is 30.5 Å². The van der Waals surface area contributed by atoms with Crippen molar-refractivity contribution in [2.24, 2.45) is 0 Å². The number of nitrogens with one attached hydrogen (secondary N) is 2. The lowest BCUT2D eigenvalue weighted by Gasteiger charge is -2.23. The SMILES string of the molecule is CC(C)c1cccc(NC(=O)CC2CNCCO2)c1.Cl. The highest BCUT2D eigenvalue weighted by atomic mass is 35.5. The lowest BCUT2D eigenvalue weighted by Crippen LogP contribution is -2.40. The fraction of sp³-hybridized carbons (Fsp3) is 0.533. The molecule has 0 saturated carbocycles. The van der Waals surface area contributed by atoms with Crippen molar-refractivity contribution in [1.82, 2.24) is 5.32 Å². The predicted molar refractivity (Wildman–Crippen MR) is 83.6 cm³/mol. The molecular weight excluding hydrogens is 276 g/mol. The Bertz CT molecular complexity index is 432. The van der Waals surface area contributed by atoms with Crippen molar-refractivity contribution in [1.29, 1.82) is 0 Å². The van der Waals surface area contributed by atoms with Crippen LogP contribution < -0.4 is 10.6 Å². The number of carbonyl (C=O) groups excluding carboxylic acids is 1. The number of halogens is 1. The maximum atomic E-state index is 11.9. The summed E-state index contributed by atoms with van der Waals surface area (Å²) in [6.07, 6.45) is 0.390. The Morgan fingerprint density at radius 2 is 2.30 bits per heavy atom. The molecule has 0 spiro atoms. The molecule has 0 aromatic heterocycles. The second kappa shape index (κ2) is 8.25. The molecular formula is C15H23ClN2O2. The van der Waals surface area contributed by atoms with Crippen LogP contribution in [0.5, 0.6) is 0 Å². The molecule has 20 heavy (non-hydrogen) atoms. The number of amides is 1. The summed E-state index contributed by atoms with van der Waals surface area (Å²) in [7, 11) is 0. The molecule has 0 aliphatic carbocycles. The number of benzene rings is 1. The molecule has 112 valence electrons. The molecule has 4 nitrogen and oxygen atoms in total. The molecule has 0 radical (unpaired) electrons. The van der Waals surface area contributed by atoms with Gasteiger partial charge in [-0.2, -0.15) is 0 Å². The van der Waals surface area contributed by atoms with Gasteiger partial charge in [-0.05, 0) is 23.6 Å². The lowest BCUT2D eigenvalue weighted by molar-refractivity contribution is -0.119. The van der Waals surface area contributed by atoms with E-state index < -0.39 is 0 Å². The van der Waals surface area contributed by atoms with Crippen molar-refractivity contribution in [3.8, 4) is 0 Å². The average Bonchev–Trinajstić information content (AvgIpc) is 2.40. The van der Waals surface area contributed by atoms with Crippen LogP contribution in [0.3, 0.4) is 0 Å². The van der Waals surface area contributed by atoms with Gasteiger partial charge in [-0.3, -0.25) is 4.79 Å². The van der Waals surface area contributed by atoms with Crippen LogP contribution in [-0.4, -0.2) is 31.7 Å². The van der Waals surface area contributed by atoms with Crippen LogP contribution in [-0.2, 0) is 9.53 Å². The van der Waals surface area contributed by atoms with Gasteiger partial charge < -0.3 is 15.4 Å². The molecule has 2 rings (SSSR count). The molecule has 5 heteroatoms. The van der Waals surface area contributed by atoms with E-state index in [1.54, 1.807) is 0 Å². The molecule has 1 atom stereocenters. The van der Waals surface area contributed by atoms with Crippen molar-refractivity contribution in [3.63, 3.8) is 0 Å². The Morgan fingerprint density at radius 1 is 1.50 bits per heavy atom. The molecule has 1 aromatic carbocycles. The maximum Gasteiger partial charge on any atom is 0.227 e. The fourth-order valence-electron chi connectivity index (χ4n) is 2.15. The van der Waals surface area contributed by atoms with E-state index in [9.17, 15) is 4.79 Å². The topological polar surface area (TPSA) is 50.4 Å². The van der Waals surface area contributed by atoms with Gasteiger partial charge in [0.1, 0.15) is 0 Å². The summed E-state index contributed by atoms with van der Waals surface area (Å²) in [5.74, 6) is 0.470. The first kappa shape index (κ1) is 17.0. The molecule has 1 heterocycles. The molecule has 1 fully saturated rings. The van der Waals surface area contributed by atoms with Gasteiger partial charge in [-0.25, -0.2) is 0 Å². The minimum Gasteiger partial charge on any atom is -0.375 e. The van der Waals surface area contributed by atoms with Crippen molar-refractivity contribution >= 4 is 24.0 Å². The fourth-order valence-corrected chi connectivity index (χ4v) is 2.15. The smallest absolute Gasteiger partial charge is 0.227 e. The van der Waals surface area contributed by atoms with Crippen molar-refractivity contribution in [2.45, 2.75) is 32.3 Å². The van der Waals surface area contributed by atoms with Gasteiger partial charge >= 0.3 is 0 Å². The van der Waals surface area contributed by atoms with Crippen LogP contribution in [0.2, 0.25) is 0 Å². The number of hydrogen-bond acceptors (Lipinski definition) is 3. The van der Waals surface area contributed by atoms with Crippen LogP contribution in [0.15, 0.2) is 24.3 Å². The predicted octanol–water partition coefficient (Wildman–Crippen LogP) is 2.55. The molecule has 0 bridgehead atoms. The number of hydrogen-bond donors (Lipinski definition) is 2. The number of carbonyl (C=O) groups is 1. The number of ether oxygens (including phenoxy) is 1. The third kappa shape index (κ3) is 5.12. The summed E-state index contributed by atoms with van der Waals surface area (Å²) in [5.41, 5.74) is 2.09. The molecule has 1 aromatic rings. The summed E-state index contributed by atoms with van der Waals surface area (Å²) in [4.78, 5) is 11.9. The minimum absolute atomic E-state index is 0. The van der Waals surface area contributed by atoms with Crippen molar-refractivity contribution in [2.75, 3.05) is 25.0 Å². The van der Waals surface area contributed by atoms with E-state index in [0.717, 1.165) is 18.8 Å². The summed E-state index contributed by atoms with van der Waals surface area (Å²) in [6.45, 7) is 6.58. The van der Waals surface area contributed by atoms with E-state index in [0.29, 0.717) is 18.9 Å². The molecule has 1 aliphatic heterocycles. The zero-order chi connectivity index (χ0) is 13.7. The third-order valence-electron chi connectivity index (χ3n) is 3.25. The third-order valence-corrected chi connectivity index (χ3v) is 3.25. The zero-order valence-electron chi connectivity index (χ0n) is 12.0. The van der Waals surface area contributed by atoms with E-state index in [4.69, 9.17) is 4.74 Å². The summed E-state index contributed by atoms with van der Waals surface area (Å²) >= 11 is 0. The molecule has 1 amide bonds. The van der Waals surface area contributed by atoms with Gasteiger partial charge in [0.25, 0.3) is 0 Å². The summed E-state index contributed by atoms with van der Waals surface area (Å²) < 4.78 is 5.52. The quantitative estimate of drug-likeness (QED) is 0.898. The Kier molecular flexibility index (Phi) is 6.99. The molecule has 2 N–H and O–H groups in total. The van der Waals surface area contributed by atoms with Crippen LogP contribution in [0, 0.1) is 0 Å². The standard InChI is InChI=1S/C15H22N2O2.ClH/c1-11(2)12-4-3-5-13(8-12)17-15(18)9-14-10-16-6-7-19-14;/h3-5,8,11,14,16H,6-7,9-10H2,1-2H3,(H,17,18);1H. The first-order chi connectivity index (χ1) is 9.15. The monoisotopic (exact) mass is 298 g/mol. The summed E-state index contributed by atoms with van der Waals surface area (Å²) in [6, 6.07) is 8.00. The largest absolute Gasteiger partial charge is 0.375 e. The van der Waals surface area contributed by atoms with Crippen LogP contribution >= 0.6 is 12.4 Å². The van der Waals surface area contributed by atoms with Gasteiger partial charge in [-0.1, -0.05) is 26.0 Å².